The highest BCUT2D eigenvalue weighted by Crippen LogP contribution is 2.47. The molecule has 1 fully saturated rings. The first kappa shape index (κ1) is 28.2. The van der Waals surface area contributed by atoms with Crippen LogP contribution >= 0.6 is 11.8 Å². The summed E-state index contributed by atoms with van der Waals surface area (Å²) in [6.07, 6.45) is 1.68. The molecule has 0 spiro atoms. The Bertz CT molecular complexity index is 1150. The highest BCUT2D eigenvalue weighted by Gasteiger charge is 2.43. The van der Waals surface area contributed by atoms with Crippen molar-refractivity contribution in [1.82, 2.24) is 9.80 Å². The van der Waals surface area contributed by atoms with E-state index in [0.29, 0.717) is 12.6 Å². The molecule has 0 saturated carbocycles. The molecule has 0 aliphatic carbocycles. The van der Waals surface area contributed by atoms with Crippen molar-refractivity contribution in [1.29, 1.82) is 0 Å². The zero-order valence-corrected chi connectivity index (χ0v) is 24.2. The van der Waals surface area contributed by atoms with Crippen molar-refractivity contribution < 1.29 is 9.53 Å². The molecule has 0 bridgehead atoms. The summed E-state index contributed by atoms with van der Waals surface area (Å²) in [5.74, 6) is -0.0655. The maximum absolute atomic E-state index is 12.4. The van der Waals surface area contributed by atoms with Crippen LogP contribution in [-0.4, -0.2) is 69.2 Å². The van der Waals surface area contributed by atoms with E-state index in [1.165, 1.54) is 21.2 Å². The topological polar surface area (TPSA) is 36.0 Å². The first-order valence-electron chi connectivity index (χ1n) is 13.6. The molecule has 2 aliphatic rings. The minimum Gasteiger partial charge on any atom is -0.465 e. The Morgan fingerprint density at radius 2 is 1.45 bits per heavy atom. The average molecular weight is 532 g/mol. The number of para-hydroxylation sites is 2. The minimum absolute atomic E-state index is 0.0655. The van der Waals surface area contributed by atoms with Crippen LogP contribution in [0.5, 0.6) is 0 Å². The average Bonchev–Trinajstić information content (AvgIpc) is 2.94. The first-order chi connectivity index (χ1) is 18.4. The predicted molar refractivity (Wildman–Crippen MR) is 159 cm³/mol. The van der Waals surface area contributed by atoms with Crippen molar-refractivity contribution in [3.8, 4) is 0 Å². The van der Waals surface area contributed by atoms with Crippen LogP contribution in [0.3, 0.4) is 0 Å². The molecule has 2 heterocycles. The van der Waals surface area contributed by atoms with Gasteiger partial charge >= 0.3 is 5.97 Å². The molecular weight excluding hydrogens is 490 g/mol. The van der Waals surface area contributed by atoms with Crippen molar-refractivity contribution in [3.63, 3.8) is 0 Å². The molecule has 6 heteroatoms. The van der Waals surface area contributed by atoms with Gasteiger partial charge in [-0.05, 0) is 90.8 Å². The zero-order chi connectivity index (χ0) is 27.1. The number of hydrogen-bond acceptors (Lipinski definition) is 6. The third-order valence-corrected chi connectivity index (χ3v) is 8.82. The molecule has 1 saturated heterocycles. The van der Waals surface area contributed by atoms with Crippen molar-refractivity contribution in [2.75, 3.05) is 52.3 Å². The minimum atomic E-state index is -0.441. The molecule has 0 aromatic heterocycles. The van der Waals surface area contributed by atoms with E-state index >= 15 is 0 Å². The number of carbonyl (C=O) groups is 1. The molecule has 1 atom stereocenters. The van der Waals surface area contributed by atoms with E-state index in [1.54, 1.807) is 0 Å². The fraction of sp³-hybridized carbons (Fsp3) is 0.406. The van der Waals surface area contributed by atoms with Crippen LogP contribution in [0.1, 0.15) is 32.3 Å². The fourth-order valence-electron chi connectivity index (χ4n) is 5.04. The number of piperidine rings is 1. The van der Waals surface area contributed by atoms with Gasteiger partial charge in [0.05, 0.1) is 23.4 Å². The monoisotopic (exact) mass is 531 g/mol. The Morgan fingerprint density at radius 1 is 0.921 bits per heavy atom. The summed E-state index contributed by atoms with van der Waals surface area (Å²) in [7, 11) is 6.38. The summed E-state index contributed by atoms with van der Waals surface area (Å²) < 4.78 is 5.32. The highest BCUT2D eigenvalue weighted by atomic mass is 32.2. The molecule has 38 heavy (non-hydrogen) atoms. The molecule has 2 aliphatic heterocycles. The van der Waals surface area contributed by atoms with Crippen LogP contribution in [0, 0.1) is 0 Å². The number of hydrogen-bond donors (Lipinski definition) is 0. The van der Waals surface area contributed by atoms with Gasteiger partial charge in [-0.2, -0.15) is 0 Å². The van der Waals surface area contributed by atoms with E-state index < -0.39 is 5.41 Å². The van der Waals surface area contributed by atoms with Gasteiger partial charge in [0.1, 0.15) is 0 Å². The number of esters is 1. The van der Waals surface area contributed by atoms with Gasteiger partial charge in [0.25, 0.3) is 0 Å². The Kier molecular flexibility index (Phi) is 9.53. The lowest BCUT2D eigenvalue weighted by molar-refractivity contribution is -0.152. The van der Waals surface area contributed by atoms with E-state index in [-0.39, 0.29) is 5.97 Å². The molecule has 3 aromatic carbocycles. The summed E-state index contributed by atoms with van der Waals surface area (Å²) >= 11 is 1.87. The highest BCUT2D eigenvalue weighted by molar-refractivity contribution is 7.99. The van der Waals surface area contributed by atoms with E-state index in [2.05, 4.69) is 91.3 Å². The molecule has 5 rings (SSSR count). The number of carbonyl (C=O) groups excluding carboxylic acids is 1. The van der Waals surface area contributed by atoms with Gasteiger partial charge in [-0.25, -0.2) is 0 Å². The third kappa shape index (κ3) is 6.25. The van der Waals surface area contributed by atoms with E-state index in [1.807, 2.05) is 49.0 Å². The number of likely N-dealkylation sites (N-methyl/N-ethyl adjacent to an activating group) is 1. The SMILES string of the molecule is CC(CN1c2ccccc2Sc2ccccc21)N(C)C.CCOC(=O)C1(c2ccccc2)CCN(C)CC1. The summed E-state index contributed by atoms with van der Waals surface area (Å²) in [6, 6.07) is 27.9. The standard InChI is InChI=1S/C17H20N2S.C15H21NO2/c1-13(18(2)3)12-19-14-8-4-6-10-16(14)20-17-11-7-5-9-15(17)19;1-3-18-14(17)15(9-11-16(2)12-10-15)13-7-5-4-6-8-13/h4-11,13H,12H2,1-3H3;4-8H,3,9-12H2,1-2H3. The third-order valence-electron chi connectivity index (χ3n) is 7.69. The van der Waals surface area contributed by atoms with Crippen LogP contribution < -0.4 is 4.90 Å². The number of anilines is 2. The van der Waals surface area contributed by atoms with E-state index in [9.17, 15) is 4.79 Å². The van der Waals surface area contributed by atoms with Gasteiger partial charge in [-0.3, -0.25) is 4.79 Å². The van der Waals surface area contributed by atoms with Gasteiger partial charge in [-0.1, -0.05) is 66.4 Å². The summed E-state index contributed by atoms with van der Waals surface area (Å²) in [5.41, 5.74) is 3.30. The maximum Gasteiger partial charge on any atom is 0.316 e. The number of ether oxygens (including phenoxy) is 1. The summed E-state index contributed by atoms with van der Waals surface area (Å²) in [6.45, 7) is 7.46. The number of nitrogens with zero attached hydrogens (tertiary/aromatic N) is 3. The normalized spacial score (nSPS) is 17.1. The molecule has 0 radical (unpaired) electrons. The van der Waals surface area contributed by atoms with Crippen molar-refractivity contribution in [3.05, 3.63) is 84.4 Å². The van der Waals surface area contributed by atoms with Crippen molar-refractivity contribution in [2.45, 2.75) is 47.9 Å². The molecule has 202 valence electrons. The summed E-state index contributed by atoms with van der Waals surface area (Å²) in [5, 5.41) is 0. The largest absolute Gasteiger partial charge is 0.465 e. The van der Waals surface area contributed by atoms with Crippen LogP contribution in [0.2, 0.25) is 0 Å². The number of fused-ring (bicyclic) bond motifs is 2. The quantitative estimate of drug-likeness (QED) is 0.340. The first-order valence-corrected chi connectivity index (χ1v) is 14.4. The van der Waals surface area contributed by atoms with Gasteiger partial charge in [0.15, 0.2) is 0 Å². The Balaban J connectivity index is 0.000000178. The molecule has 0 N–H and O–H groups in total. The van der Waals surface area contributed by atoms with Crippen LogP contribution in [0.25, 0.3) is 0 Å². The van der Waals surface area contributed by atoms with Gasteiger partial charge in [0, 0.05) is 22.4 Å². The van der Waals surface area contributed by atoms with Crippen LogP contribution in [0.15, 0.2) is 88.7 Å². The van der Waals surface area contributed by atoms with Gasteiger partial charge in [-0.15, -0.1) is 0 Å². The number of benzene rings is 3. The molecular formula is C32H41N3O2S. The fourth-order valence-corrected chi connectivity index (χ4v) is 6.14. The number of rotatable bonds is 6. The van der Waals surface area contributed by atoms with Gasteiger partial charge in [0.2, 0.25) is 0 Å². The van der Waals surface area contributed by atoms with Crippen LogP contribution in [0.4, 0.5) is 11.4 Å². The second-order valence-electron chi connectivity index (χ2n) is 10.4. The van der Waals surface area contributed by atoms with E-state index in [0.717, 1.165) is 38.0 Å². The molecule has 3 aromatic rings. The lowest BCUT2D eigenvalue weighted by Crippen LogP contribution is -2.47. The smallest absolute Gasteiger partial charge is 0.316 e. The lowest BCUT2D eigenvalue weighted by atomic mass is 9.73. The maximum atomic E-state index is 12.4. The van der Waals surface area contributed by atoms with Crippen molar-refractivity contribution >= 4 is 29.1 Å². The number of likely N-dealkylation sites (tertiary alicyclic amines) is 1. The zero-order valence-electron chi connectivity index (χ0n) is 23.4. The molecule has 1 unspecified atom stereocenters. The summed E-state index contributed by atoms with van der Waals surface area (Å²) in [4.78, 5) is 22.1. The van der Waals surface area contributed by atoms with Gasteiger partial charge < -0.3 is 19.4 Å². The van der Waals surface area contributed by atoms with E-state index in [4.69, 9.17) is 4.74 Å². The molecule has 5 nitrogen and oxygen atoms in total. The Morgan fingerprint density at radius 3 is 1.97 bits per heavy atom. The lowest BCUT2D eigenvalue weighted by Gasteiger charge is -2.38. The van der Waals surface area contributed by atoms with Crippen molar-refractivity contribution in [2.24, 2.45) is 0 Å². The molecule has 0 amide bonds. The Hall–Kier alpha value is -2.80. The van der Waals surface area contributed by atoms with Crippen LogP contribution in [-0.2, 0) is 14.9 Å². The predicted octanol–water partition coefficient (Wildman–Crippen LogP) is 6.45. The second-order valence-corrected chi connectivity index (χ2v) is 11.5. The second kappa shape index (κ2) is 12.8. The Labute approximate surface area is 232 Å².